The first-order chi connectivity index (χ1) is 9.88. The number of hydrogen-bond acceptors (Lipinski definition) is 4. The van der Waals surface area contributed by atoms with Crippen LogP contribution in [-0.2, 0) is 0 Å². The fourth-order valence-electron chi connectivity index (χ4n) is 2.01. The van der Waals surface area contributed by atoms with Crippen molar-refractivity contribution in [1.29, 1.82) is 0 Å². The molecule has 0 fully saturated rings. The lowest BCUT2D eigenvalue weighted by Crippen LogP contribution is -2.36. The van der Waals surface area contributed by atoms with Gasteiger partial charge in [-0.25, -0.2) is 0 Å². The highest BCUT2D eigenvalue weighted by atomic mass is 79.9. The standard InChI is InChI=1S/C16H26BrNO3/c1-11(2)6-13(19)8-18-9-14(20)10-21-16-5-4-12(3)7-15(16)17/h4-5,7,11,13-14,18-20H,6,8-10H2,1-3H3. The number of benzene rings is 1. The van der Waals surface area contributed by atoms with E-state index in [2.05, 4.69) is 35.1 Å². The number of ether oxygens (including phenoxy) is 1. The minimum Gasteiger partial charge on any atom is -0.490 e. The molecule has 1 aromatic rings. The summed E-state index contributed by atoms with van der Waals surface area (Å²) in [5, 5.41) is 22.6. The van der Waals surface area contributed by atoms with Gasteiger partial charge in [0.05, 0.1) is 10.6 Å². The van der Waals surface area contributed by atoms with Gasteiger partial charge in [0.1, 0.15) is 18.5 Å². The minimum absolute atomic E-state index is 0.217. The van der Waals surface area contributed by atoms with Gasteiger partial charge in [-0.1, -0.05) is 19.9 Å². The van der Waals surface area contributed by atoms with E-state index in [1.54, 1.807) is 0 Å². The highest BCUT2D eigenvalue weighted by Gasteiger charge is 2.10. The molecule has 0 radical (unpaired) electrons. The van der Waals surface area contributed by atoms with E-state index in [-0.39, 0.29) is 12.7 Å². The van der Waals surface area contributed by atoms with Gasteiger partial charge < -0.3 is 20.3 Å². The third-order valence-corrected chi connectivity index (χ3v) is 3.64. The SMILES string of the molecule is Cc1ccc(OCC(O)CNCC(O)CC(C)C)c(Br)c1. The molecule has 0 saturated carbocycles. The molecule has 0 spiro atoms. The molecule has 4 nitrogen and oxygen atoms in total. The summed E-state index contributed by atoms with van der Waals surface area (Å²) in [5.74, 6) is 1.19. The van der Waals surface area contributed by atoms with Crippen LogP contribution in [-0.4, -0.2) is 42.1 Å². The number of aliphatic hydroxyl groups excluding tert-OH is 2. The Labute approximate surface area is 135 Å². The normalized spacial score (nSPS) is 14.2. The zero-order valence-electron chi connectivity index (χ0n) is 13.0. The summed E-state index contributed by atoms with van der Waals surface area (Å²) in [6.45, 7) is 7.27. The average molecular weight is 360 g/mol. The third kappa shape index (κ3) is 7.81. The number of aryl methyl sites for hydroxylation is 1. The Balaban J connectivity index is 2.23. The molecule has 0 heterocycles. The summed E-state index contributed by atoms with van der Waals surface area (Å²) in [4.78, 5) is 0. The van der Waals surface area contributed by atoms with Crippen LogP contribution in [0.15, 0.2) is 22.7 Å². The Hall–Kier alpha value is -0.620. The highest BCUT2D eigenvalue weighted by Crippen LogP contribution is 2.25. The van der Waals surface area contributed by atoms with Gasteiger partial charge in [0.2, 0.25) is 0 Å². The van der Waals surface area contributed by atoms with Gasteiger partial charge in [-0.15, -0.1) is 0 Å². The van der Waals surface area contributed by atoms with Gasteiger partial charge in [0, 0.05) is 13.1 Å². The van der Waals surface area contributed by atoms with E-state index in [1.807, 2.05) is 25.1 Å². The number of hydrogen-bond donors (Lipinski definition) is 3. The quantitative estimate of drug-likeness (QED) is 0.633. The smallest absolute Gasteiger partial charge is 0.133 e. The predicted molar refractivity (Wildman–Crippen MR) is 88.7 cm³/mol. The van der Waals surface area contributed by atoms with E-state index in [0.717, 1.165) is 22.2 Å². The van der Waals surface area contributed by atoms with Crippen LogP contribution in [0.25, 0.3) is 0 Å². The van der Waals surface area contributed by atoms with Crippen molar-refractivity contribution in [3.8, 4) is 5.75 Å². The predicted octanol–water partition coefficient (Wildman–Crippen LogP) is 2.49. The van der Waals surface area contributed by atoms with Gasteiger partial charge in [0.25, 0.3) is 0 Å². The van der Waals surface area contributed by atoms with E-state index in [1.165, 1.54) is 0 Å². The first-order valence-electron chi connectivity index (χ1n) is 7.34. The van der Waals surface area contributed by atoms with Crippen molar-refractivity contribution in [2.45, 2.75) is 39.4 Å². The number of halogens is 1. The molecule has 1 rings (SSSR count). The van der Waals surface area contributed by atoms with Crippen LogP contribution in [0.4, 0.5) is 0 Å². The molecule has 21 heavy (non-hydrogen) atoms. The summed E-state index contributed by atoms with van der Waals surface area (Å²) in [6.07, 6.45) is -0.218. The highest BCUT2D eigenvalue weighted by molar-refractivity contribution is 9.10. The molecule has 1 aromatic carbocycles. The second-order valence-electron chi connectivity index (χ2n) is 5.84. The topological polar surface area (TPSA) is 61.7 Å². The fraction of sp³-hybridized carbons (Fsp3) is 0.625. The lowest BCUT2D eigenvalue weighted by molar-refractivity contribution is 0.0963. The molecule has 0 saturated heterocycles. The van der Waals surface area contributed by atoms with Crippen molar-refractivity contribution < 1.29 is 14.9 Å². The molecule has 5 heteroatoms. The Morgan fingerprint density at radius 1 is 1.19 bits per heavy atom. The number of aliphatic hydroxyl groups is 2. The van der Waals surface area contributed by atoms with E-state index in [9.17, 15) is 10.2 Å². The van der Waals surface area contributed by atoms with Crippen molar-refractivity contribution in [3.05, 3.63) is 28.2 Å². The Bertz CT molecular complexity index is 426. The number of rotatable bonds is 9. The Kier molecular flexibility index (Phi) is 8.26. The summed E-state index contributed by atoms with van der Waals surface area (Å²) < 4.78 is 6.46. The molecule has 0 bridgehead atoms. The van der Waals surface area contributed by atoms with Gasteiger partial charge in [-0.3, -0.25) is 0 Å². The molecule has 0 amide bonds. The van der Waals surface area contributed by atoms with Crippen LogP contribution in [0.5, 0.6) is 5.75 Å². The van der Waals surface area contributed by atoms with Crippen LogP contribution < -0.4 is 10.1 Å². The first-order valence-corrected chi connectivity index (χ1v) is 8.13. The van der Waals surface area contributed by atoms with Crippen LogP contribution in [0.2, 0.25) is 0 Å². The van der Waals surface area contributed by atoms with Crippen molar-refractivity contribution in [3.63, 3.8) is 0 Å². The van der Waals surface area contributed by atoms with Crippen LogP contribution in [0, 0.1) is 12.8 Å². The summed E-state index contributed by atoms with van der Waals surface area (Å²) in [5.41, 5.74) is 1.15. The molecule has 0 aliphatic carbocycles. The Morgan fingerprint density at radius 2 is 1.86 bits per heavy atom. The van der Waals surface area contributed by atoms with Crippen molar-refractivity contribution in [2.75, 3.05) is 19.7 Å². The largest absolute Gasteiger partial charge is 0.490 e. The molecule has 0 aliphatic rings. The lowest BCUT2D eigenvalue weighted by atomic mass is 10.1. The van der Waals surface area contributed by atoms with Crippen LogP contribution >= 0.6 is 15.9 Å². The van der Waals surface area contributed by atoms with Gasteiger partial charge >= 0.3 is 0 Å². The summed E-state index contributed by atoms with van der Waals surface area (Å²) in [6, 6.07) is 5.82. The molecule has 0 aliphatic heterocycles. The van der Waals surface area contributed by atoms with Gasteiger partial charge in [0.15, 0.2) is 0 Å². The molecule has 2 unspecified atom stereocenters. The molecule has 0 aromatic heterocycles. The first kappa shape index (κ1) is 18.4. The summed E-state index contributed by atoms with van der Waals surface area (Å²) in [7, 11) is 0. The maximum absolute atomic E-state index is 9.87. The molecule has 2 atom stereocenters. The average Bonchev–Trinajstić information content (AvgIpc) is 2.36. The second kappa shape index (κ2) is 9.41. The zero-order valence-corrected chi connectivity index (χ0v) is 14.6. The molecule has 3 N–H and O–H groups in total. The minimum atomic E-state index is -0.607. The third-order valence-electron chi connectivity index (χ3n) is 3.02. The molecule has 120 valence electrons. The maximum atomic E-state index is 9.87. The van der Waals surface area contributed by atoms with Crippen LogP contribution in [0.3, 0.4) is 0 Å². The Morgan fingerprint density at radius 3 is 2.48 bits per heavy atom. The summed E-state index contributed by atoms with van der Waals surface area (Å²) >= 11 is 3.44. The van der Waals surface area contributed by atoms with E-state index < -0.39 is 6.10 Å². The van der Waals surface area contributed by atoms with Crippen LogP contribution in [0.1, 0.15) is 25.8 Å². The second-order valence-corrected chi connectivity index (χ2v) is 6.69. The van der Waals surface area contributed by atoms with Gasteiger partial charge in [-0.05, 0) is 52.9 Å². The zero-order chi connectivity index (χ0) is 15.8. The van der Waals surface area contributed by atoms with E-state index in [0.29, 0.717) is 19.0 Å². The van der Waals surface area contributed by atoms with Gasteiger partial charge in [-0.2, -0.15) is 0 Å². The monoisotopic (exact) mass is 359 g/mol. The van der Waals surface area contributed by atoms with Crippen molar-refractivity contribution in [2.24, 2.45) is 5.92 Å². The number of nitrogens with one attached hydrogen (secondary N) is 1. The van der Waals surface area contributed by atoms with E-state index >= 15 is 0 Å². The fourth-order valence-corrected chi connectivity index (χ4v) is 2.62. The van der Waals surface area contributed by atoms with E-state index in [4.69, 9.17) is 4.74 Å². The van der Waals surface area contributed by atoms with Crippen molar-refractivity contribution in [1.82, 2.24) is 5.32 Å². The maximum Gasteiger partial charge on any atom is 0.133 e. The molecular formula is C16H26BrNO3. The lowest BCUT2D eigenvalue weighted by Gasteiger charge is -2.17. The molecular weight excluding hydrogens is 334 g/mol. The van der Waals surface area contributed by atoms with Crippen molar-refractivity contribution >= 4 is 15.9 Å².